The molecule has 2 rings (SSSR count). The van der Waals surface area contributed by atoms with Crippen molar-refractivity contribution in [2.45, 2.75) is 0 Å². The number of carbonyl (C=O) groups is 1. The molecule has 0 aromatic heterocycles. The molecule has 0 aliphatic heterocycles. The van der Waals surface area contributed by atoms with Gasteiger partial charge < -0.3 is 9.47 Å². The zero-order chi connectivity index (χ0) is 14.5. The van der Waals surface area contributed by atoms with Crippen molar-refractivity contribution in [2.75, 3.05) is 13.7 Å². The van der Waals surface area contributed by atoms with Crippen LogP contribution in [0.1, 0.15) is 10.4 Å². The summed E-state index contributed by atoms with van der Waals surface area (Å²) in [6.45, 7) is -0.0282. The van der Waals surface area contributed by atoms with Gasteiger partial charge in [-0.05, 0) is 62.8 Å². The van der Waals surface area contributed by atoms with E-state index in [4.69, 9.17) is 9.47 Å². The zero-order valence-corrected chi connectivity index (χ0v) is 14.5. The van der Waals surface area contributed by atoms with Crippen LogP contribution in [-0.4, -0.2) is 19.5 Å². The molecule has 0 fully saturated rings. The van der Waals surface area contributed by atoms with Gasteiger partial charge in [-0.2, -0.15) is 0 Å². The molecule has 104 valence electrons. The fraction of sp³-hybridized carbons (Fsp3) is 0.133. The second-order valence-corrected chi connectivity index (χ2v) is 6.09. The van der Waals surface area contributed by atoms with E-state index < -0.39 is 0 Å². The third-order valence-corrected chi connectivity index (χ3v) is 4.01. The summed E-state index contributed by atoms with van der Waals surface area (Å²) in [6, 6.07) is 12.9. The lowest BCUT2D eigenvalue weighted by Gasteiger charge is -2.11. The molecule has 0 heterocycles. The Kier molecular flexibility index (Phi) is 5.42. The second-order valence-electron chi connectivity index (χ2n) is 3.99. The van der Waals surface area contributed by atoms with Gasteiger partial charge in [0.15, 0.2) is 23.9 Å². The van der Waals surface area contributed by atoms with Crippen molar-refractivity contribution in [2.24, 2.45) is 0 Å². The monoisotopic (exact) mass is 446 g/mol. The molecule has 0 N–H and O–H groups in total. The summed E-state index contributed by atoms with van der Waals surface area (Å²) < 4.78 is 12.6. The number of methoxy groups -OCH3 is 1. The summed E-state index contributed by atoms with van der Waals surface area (Å²) in [7, 11) is 1.57. The molecule has 20 heavy (non-hydrogen) atoms. The van der Waals surface area contributed by atoms with E-state index in [0.717, 1.165) is 8.04 Å². The van der Waals surface area contributed by atoms with E-state index in [1.165, 1.54) is 0 Å². The van der Waals surface area contributed by atoms with Crippen LogP contribution in [0, 0.1) is 3.57 Å². The first kappa shape index (κ1) is 15.3. The van der Waals surface area contributed by atoms with Crippen molar-refractivity contribution in [1.82, 2.24) is 0 Å². The van der Waals surface area contributed by atoms with Gasteiger partial charge >= 0.3 is 0 Å². The number of Topliss-reactive ketones (excluding diaryl/α,β-unsaturated/α-hetero) is 1. The Balaban J connectivity index is 2.09. The molecule has 2 aromatic carbocycles. The minimum absolute atomic E-state index is 0.0282. The molecule has 0 bridgehead atoms. The highest BCUT2D eigenvalue weighted by Crippen LogP contribution is 2.34. The van der Waals surface area contributed by atoms with Gasteiger partial charge in [-0.3, -0.25) is 4.79 Å². The van der Waals surface area contributed by atoms with Crippen LogP contribution in [0.25, 0.3) is 0 Å². The molecular formula is C15H12BrIO3. The molecular weight excluding hydrogens is 435 g/mol. The van der Waals surface area contributed by atoms with Crippen LogP contribution < -0.4 is 9.47 Å². The van der Waals surface area contributed by atoms with Gasteiger partial charge in [0.1, 0.15) is 0 Å². The average Bonchev–Trinajstić information content (AvgIpc) is 2.46. The Hall–Kier alpha value is -1.08. The van der Waals surface area contributed by atoms with Crippen LogP contribution >= 0.6 is 38.5 Å². The number of benzene rings is 2. The van der Waals surface area contributed by atoms with E-state index >= 15 is 0 Å². The summed E-state index contributed by atoms with van der Waals surface area (Å²) in [5.74, 6) is 1.06. The largest absolute Gasteiger partial charge is 0.493 e. The number of rotatable bonds is 5. The van der Waals surface area contributed by atoms with E-state index in [0.29, 0.717) is 17.1 Å². The SMILES string of the molecule is COc1cccc(Br)c1OCC(=O)c1ccc(I)cc1. The number of para-hydroxylation sites is 1. The normalized spacial score (nSPS) is 10.2. The zero-order valence-electron chi connectivity index (χ0n) is 10.7. The fourth-order valence-electron chi connectivity index (χ4n) is 1.65. The van der Waals surface area contributed by atoms with E-state index in [9.17, 15) is 4.79 Å². The van der Waals surface area contributed by atoms with Crippen LogP contribution in [-0.2, 0) is 0 Å². The van der Waals surface area contributed by atoms with Gasteiger partial charge in [0, 0.05) is 9.13 Å². The Labute approximate surface area is 139 Å². The lowest BCUT2D eigenvalue weighted by atomic mass is 10.1. The average molecular weight is 447 g/mol. The molecule has 0 spiro atoms. The highest BCUT2D eigenvalue weighted by Gasteiger charge is 2.12. The second kappa shape index (κ2) is 7.08. The molecule has 0 atom stereocenters. The third kappa shape index (κ3) is 3.73. The molecule has 0 aliphatic rings. The van der Waals surface area contributed by atoms with E-state index in [-0.39, 0.29) is 12.4 Å². The topological polar surface area (TPSA) is 35.5 Å². The minimum atomic E-state index is -0.0702. The number of carbonyl (C=O) groups excluding carboxylic acids is 1. The summed E-state index contributed by atoms with van der Waals surface area (Å²) in [5.41, 5.74) is 0.636. The van der Waals surface area contributed by atoms with Gasteiger partial charge in [0.05, 0.1) is 11.6 Å². The predicted octanol–water partition coefficient (Wildman–Crippen LogP) is 4.32. The molecule has 0 saturated heterocycles. The Morgan fingerprint density at radius 3 is 2.55 bits per heavy atom. The van der Waals surface area contributed by atoms with Gasteiger partial charge in [0.2, 0.25) is 0 Å². The summed E-state index contributed by atoms with van der Waals surface area (Å²) in [4.78, 5) is 12.1. The van der Waals surface area contributed by atoms with E-state index in [1.807, 2.05) is 24.3 Å². The maximum atomic E-state index is 12.1. The Morgan fingerprint density at radius 1 is 1.20 bits per heavy atom. The lowest BCUT2D eigenvalue weighted by molar-refractivity contribution is 0.0919. The first-order chi connectivity index (χ1) is 9.61. The van der Waals surface area contributed by atoms with Crippen molar-refractivity contribution in [3.8, 4) is 11.5 Å². The van der Waals surface area contributed by atoms with Crippen LogP contribution in [0.15, 0.2) is 46.9 Å². The van der Waals surface area contributed by atoms with Crippen molar-refractivity contribution in [3.05, 3.63) is 56.1 Å². The van der Waals surface area contributed by atoms with Crippen LogP contribution in [0.5, 0.6) is 11.5 Å². The number of ketones is 1. The standard InChI is InChI=1S/C15H12BrIO3/c1-19-14-4-2-3-12(16)15(14)20-9-13(18)10-5-7-11(17)8-6-10/h2-8H,9H2,1H3. The minimum Gasteiger partial charge on any atom is -0.493 e. The van der Waals surface area contributed by atoms with E-state index in [1.54, 1.807) is 25.3 Å². The first-order valence-electron chi connectivity index (χ1n) is 5.86. The Bertz CT molecular complexity index is 611. The number of hydrogen-bond acceptors (Lipinski definition) is 3. The predicted molar refractivity (Wildman–Crippen MR) is 89.7 cm³/mol. The maximum absolute atomic E-state index is 12.1. The quantitative estimate of drug-likeness (QED) is 0.506. The van der Waals surface area contributed by atoms with Crippen LogP contribution in [0.4, 0.5) is 0 Å². The maximum Gasteiger partial charge on any atom is 0.200 e. The lowest BCUT2D eigenvalue weighted by Crippen LogP contribution is -2.12. The van der Waals surface area contributed by atoms with Crippen molar-refractivity contribution < 1.29 is 14.3 Å². The third-order valence-electron chi connectivity index (χ3n) is 2.66. The molecule has 0 unspecified atom stereocenters. The van der Waals surface area contributed by atoms with Gasteiger partial charge in [-0.1, -0.05) is 18.2 Å². The molecule has 0 radical (unpaired) electrons. The molecule has 0 amide bonds. The smallest absolute Gasteiger partial charge is 0.200 e. The first-order valence-corrected chi connectivity index (χ1v) is 7.73. The highest BCUT2D eigenvalue weighted by atomic mass is 127. The fourth-order valence-corrected chi connectivity index (χ4v) is 2.47. The van der Waals surface area contributed by atoms with Crippen molar-refractivity contribution in [1.29, 1.82) is 0 Å². The van der Waals surface area contributed by atoms with Gasteiger partial charge in [-0.15, -0.1) is 0 Å². The molecule has 0 saturated carbocycles. The summed E-state index contributed by atoms with van der Waals surface area (Å²) >= 11 is 5.59. The molecule has 3 nitrogen and oxygen atoms in total. The van der Waals surface area contributed by atoms with E-state index in [2.05, 4.69) is 38.5 Å². The Morgan fingerprint density at radius 2 is 1.90 bits per heavy atom. The van der Waals surface area contributed by atoms with Crippen molar-refractivity contribution >= 4 is 44.3 Å². The molecule has 2 aromatic rings. The van der Waals surface area contributed by atoms with Gasteiger partial charge in [0.25, 0.3) is 0 Å². The highest BCUT2D eigenvalue weighted by molar-refractivity contribution is 14.1. The molecule has 0 aliphatic carbocycles. The van der Waals surface area contributed by atoms with Crippen LogP contribution in [0.2, 0.25) is 0 Å². The molecule has 5 heteroatoms. The number of hydrogen-bond donors (Lipinski definition) is 0. The summed E-state index contributed by atoms with van der Waals surface area (Å²) in [6.07, 6.45) is 0. The summed E-state index contributed by atoms with van der Waals surface area (Å²) in [5, 5.41) is 0. The number of halogens is 2. The number of ether oxygens (including phenoxy) is 2. The van der Waals surface area contributed by atoms with Crippen LogP contribution in [0.3, 0.4) is 0 Å². The van der Waals surface area contributed by atoms with Crippen molar-refractivity contribution in [3.63, 3.8) is 0 Å². The van der Waals surface area contributed by atoms with Gasteiger partial charge in [-0.25, -0.2) is 0 Å².